The number of fused-ring (bicyclic) bond motifs is 1. The Bertz CT molecular complexity index is 1030. The number of rotatable bonds is 6. The van der Waals surface area contributed by atoms with Gasteiger partial charge in [0, 0.05) is 53.8 Å². The summed E-state index contributed by atoms with van der Waals surface area (Å²) < 4.78 is 7.43. The van der Waals surface area contributed by atoms with Gasteiger partial charge in [0.05, 0.1) is 23.9 Å². The van der Waals surface area contributed by atoms with Crippen LogP contribution in [0, 0.1) is 10.1 Å². The third-order valence-electron chi connectivity index (χ3n) is 4.97. The number of nitrogens with zero attached hydrogens (tertiary/aromatic N) is 3. The van der Waals surface area contributed by atoms with Crippen molar-refractivity contribution in [1.82, 2.24) is 9.47 Å². The van der Waals surface area contributed by atoms with Crippen molar-refractivity contribution >= 4 is 34.3 Å². The number of non-ortho nitro benzene ring substituents is 1. The van der Waals surface area contributed by atoms with Gasteiger partial charge < -0.3 is 14.2 Å². The maximum Gasteiger partial charge on any atom is 0.269 e. The summed E-state index contributed by atoms with van der Waals surface area (Å²) in [5.41, 5.74) is 2.15. The lowest BCUT2D eigenvalue weighted by Gasteiger charge is -2.26. The van der Waals surface area contributed by atoms with Crippen molar-refractivity contribution in [3.8, 4) is 0 Å². The fraction of sp³-hybridized carbons (Fsp3) is 0.286. The Labute approximate surface area is 172 Å². The molecule has 4 rings (SSSR count). The van der Waals surface area contributed by atoms with Crippen LogP contribution in [-0.2, 0) is 16.1 Å². The first kappa shape index (κ1) is 19.5. The summed E-state index contributed by atoms with van der Waals surface area (Å²) >= 11 is 1.55. The van der Waals surface area contributed by atoms with Crippen molar-refractivity contribution in [1.29, 1.82) is 0 Å². The lowest BCUT2D eigenvalue weighted by molar-refractivity contribution is -0.384. The van der Waals surface area contributed by atoms with Crippen LogP contribution in [0.4, 0.5) is 5.69 Å². The molecule has 1 aromatic heterocycles. The van der Waals surface area contributed by atoms with Gasteiger partial charge in [-0.25, -0.2) is 0 Å². The molecule has 150 valence electrons. The summed E-state index contributed by atoms with van der Waals surface area (Å²) in [6.07, 6.45) is 2.06. The SMILES string of the molecule is O=C(CSc1cn(Cc2ccc([N+](=O)[O-])cc2)c2ccccc12)N1CCOCC1. The number of hydrogen-bond acceptors (Lipinski definition) is 5. The van der Waals surface area contributed by atoms with Gasteiger partial charge in [-0.3, -0.25) is 14.9 Å². The molecular weight excluding hydrogens is 390 g/mol. The quantitative estimate of drug-likeness (QED) is 0.352. The Balaban J connectivity index is 1.51. The van der Waals surface area contributed by atoms with Gasteiger partial charge in [0.1, 0.15) is 0 Å². The highest BCUT2D eigenvalue weighted by molar-refractivity contribution is 8.00. The second kappa shape index (κ2) is 8.67. The van der Waals surface area contributed by atoms with E-state index in [0.29, 0.717) is 38.6 Å². The van der Waals surface area contributed by atoms with Crippen molar-refractivity contribution < 1.29 is 14.5 Å². The molecular formula is C21H21N3O4S. The molecule has 1 aliphatic heterocycles. The number of amides is 1. The molecule has 7 nitrogen and oxygen atoms in total. The molecule has 8 heteroatoms. The highest BCUT2D eigenvalue weighted by Crippen LogP contribution is 2.31. The Morgan fingerprint density at radius 1 is 1.10 bits per heavy atom. The van der Waals surface area contributed by atoms with Gasteiger partial charge in [-0.05, 0) is 11.6 Å². The van der Waals surface area contributed by atoms with Crippen molar-refractivity contribution in [2.75, 3.05) is 32.1 Å². The Hall–Kier alpha value is -2.84. The van der Waals surface area contributed by atoms with E-state index in [1.807, 2.05) is 17.0 Å². The van der Waals surface area contributed by atoms with E-state index >= 15 is 0 Å². The van der Waals surface area contributed by atoms with Crippen molar-refractivity contribution in [2.45, 2.75) is 11.4 Å². The van der Waals surface area contributed by atoms with E-state index in [0.717, 1.165) is 21.4 Å². The summed E-state index contributed by atoms with van der Waals surface area (Å²) in [7, 11) is 0. The van der Waals surface area contributed by atoms with Crippen LogP contribution in [0.15, 0.2) is 59.6 Å². The van der Waals surface area contributed by atoms with Gasteiger partial charge in [-0.1, -0.05) is 30.3 Å². The molecule has 1 fully saturated rings. The predicted octanol–water partition coefficient (Wildman–Crippen LogP) is 3.55. The number of para-hydroxylation sites is 1. The van der Waals surface area contributed by atoms with Crippen LogP contribution in [-0.4, -0.2) is 52.4 Å². The first-order chi connectivity index (χ1) is 14.1. The normalized spacial score (nSPS) is 14.3. The minimum Gasteiger partial charge on any atom is -0.378 e. The van der Waals surface area contributed by atoms with Crippen LogP contribution in [0.25, 0.3) is 10.9 Å². The maximum atomic E-state index is 12.5. The number of hydrogen-bond donors (Lipinski definition) is 0. The van der Waals surface area contributed by atoms with E-state index in [2.05, 4.69) is 22.9 Å². The smallest absolute Gasteiger partial charge is 0.269 e. The Morgan fingerprint density at radius 3 is 2.55 bits per heavy atom. The van der Waals surface area contributed by atoms with Crippen molar-refractivity contribution in [3.63, 3.8) is 0 Å². The number of carbonyl (C=O) groups is 1. The molecule has 0 aliphatic carbocycles. The predicted molar refractivity (Wildman–Crippen MR) is 112 cm³/mol. The van der Waals surface area contributed by atoms with Crippen LogP contribution in [0.5, 0.6) is 0 Å². The molecule has 0 unspecified atom stereocenters. The van der Waals surface area contributed by atoms with Crippen LogP contribution in [0.3, 0.4) is 0 Å². The molecule has 1 saturated heterocycles. The minimum atomic E-state index is -0.394. The number of nitro groups is 1. The highest BCUT2D eigenvalue weighted by atomic mass is 32.2. The number of thioether (sulfide) groups is 1. The zero-order chi connectivity index (χ0) is 20.2. The van der Waals surface area contributed by atoms with Crippen molar-refractivity contribution in [2.24, 2.45) is 0 Å². The van der Waals surface area contributed by atoms with E-state index in [9.17, 15) is 14.9 Å². The van der Waals surface area contributed by atoms with E-state index in [4.69, 9.17) is 4.74 Å². The van der Waals surface area contributed by atoms with Crippen molar-refractivity contribution in [3.05, 3.63) is 70.4 Å². The summed E-state index contributed by atoms with van der Waals surface area (Å²) in [6, 6.07) is 14.7. The van der Waals surface area contributed by atoms with Gasteiger partial charge in [0.2, 0.25) is 5.91 Å². The standard InChI is InChI=1S/C21H21N3O4S/c25-21(22-9-11-28-12-10-22)15-29-20-14-23(19-4-2-1-3-18(19)20)13-16-5-7-17(8-6-16)24(26)27/h1-8,14H,9-13,15H2. The summed E-state index contributed by atoms with van der Waals surface area (Å²) in [4.78, 5) is 25.8. The second-order valence-electron chi connectivity index (χ2n) is 6.84. The zero-order valence-corrected chi connectivity index (χ0v) is 16.6. The first-order valence-electron chi connectivity index (χ1n) is 9.41. The lowest BCUT2D eigenvalue weighted by atomic mass is 10.2. The number of benzene rings is 2. The van der Waals surface area contributed by atoms with Gasteiger partial charge in [0.25, 0.3) is 5.69 Å². The van der Waals surface area contributed by atoms with Gasteiger partial charge >= 0.3 is 0 Å². The summed E-state index contributed by atoms with van der Waals surface area (Å²) in [6.45, 7) is 3.12. The molecule has 29 heavy (non-hydrogen) atoms. The van der Waals surface area contributed by atoms with Crippen LogP contribution >= 0.6 is 11.8 Å². The van der Waals surface area contributed by atoms with Gasteiger partial charge in [-0.2, -0.15) is 0 Å². The number of aromatic nitrogens is 1. The van der Waals surface area contributed by atoms with Crippen LogP contribution < -0.4 is 0 Å². The minimum absolute atomic E-state index is 0.0870. The highest BCUT2D eigenvalue weighted by Gasteiger charge is 2.18. The second-order valence-corrected chi connectivity index (χ2v) is 7.86. The van der Waals surface area contributed by atoms with E-state index in [-0.39, 0.29) is 11.6 Å². The van der Waals surface area contributed by atoms with E-state index < -0.39 is 4.92 Å². The summed E-state index contributed by atoms with van der Waals surface area (Å²) in [5.74, 6) is 0.524. The monoisotopic (exact) mass is 411 g/mol. The molecule has 1 amide bonds. The first-order valence-corrected chi connectivity index (χ1v) is 10.4. The topological polar surface area (TPSA) is 77.6 Å². The maximum absolute atomic E-state index is 12.5. The number of ether oxygens (including phenoxy) is 1. The van der Waals surface area contributed by atoms with E-state index in [1.165, 1.54) is 12.1 Å². The average Bonchev–Trinajstić information content (AvgIpc) is 3.10. The van der Waals surface area contributed by atoms with Crippen LogP contribution in [0.2, 0.25) is 0 Å². The average molecular weight is 411 g/mol. The molecule has 0 bridgehead atoms. The molecule has 3 aromatic rings. The van der Waals surface area contributed by atoms with Crippen LogP contribution in [0.1, 0.15) is 5.56 Å². The summed E-state index contributed by atoms with van der Waals surface area (Å²) in [5, 5.41) is 12.0. The third-order valence-corrected chi connectivity index (χ3v) is 5.99. The Kier molecular flexibility index (Phi) is 5.82. The fourth-order valence-corrected chi connectivity index (χ4v) is 4.41. The number of carbonyl (C=O) groups excluding carboxylic acids is 1. The molecule has 0 radical (unpaired) electrons. The molecule has 0 atom stereocenters. The lowest BCUT2D eigenvalue weighted by Crippen LogP contribution is -2.41. The van der Waals surface area contributed by atoms with Gasteiger partial charge in [-0.15, -0.1) is 11.8 Å². The van der Waals surface area contributed by atoms with E-state index in [1.54, 1.807) is 23.9 Å². The molecule has 0 saturated carbocycles. The number of morpholine rings is 1. The Morgan fingerprint density at radius 2 is 1.83 bits per heavy atom. The zero-order valence-electron chi connectivity index (χ0n) is 15.8. The van der Waals surface area contributed by atoms with Gasteiger partial charge in [0.15, 0.2) is 0 Å². The molecule has 2 aromatic carbocycles. The number of nitro benzene ring substituents is 1. The molecule has 0 spiro atoms. The molecule has 1 aliphatic rings. The molecule has 0 N–H and O–H groups in total. The third kappa shape index (κ3) is 4.44. The molecule has 2 heterocycles. The fourth-order valence-electron chi connectivity index (χ4n) is 3.42. The largest absolute Gasteiger partial charge is 0.378 e.